The van der Waals surface area contributed by atoms with Crippen LogP contribution in [0.15, 0.2) is 0 Å². The summed E-state index contributed by atoms with van der Waals surface area (Å²) in [6.45, 7) is 19.5. The molecule has 0 N–H and O–H groups in total. The van der Waals surface area contributed by atoms with Crippen molar-refractivity contribution in [3.8, 4) is 0 Å². The predicted octanol–water partition coefficient (Wildman–Crippen LogP) is 8.24. The van der Waals surface area contributed by atoms with Gasteiger partial charge in [-0.3, -0.25) is 0 Å². The molecule has 2 heteroatoms. The molecule has 0 fully saturated rings. The van der Waals surface area contributed by atoms with Crippen LogP contribution in [0.1, 0.15) is 184 Å². The van der Waals surface area contributed by atoms with E-state index in [1.807, 2.05) is 0 Å². The normalized spacial score (nSPS) is 16.9. The number of halogens is 1. The van der Waals surface area contributed by atoms with Gasteiger partial charge in [0.1, 0.15) is 0 Å². The van der Waals surface area contributed by atoms with Crippen molar-refractivity contribution in [2.45, 2.75) is 208 Å². The Bertz CT molecular complexity index is 332. The molecule has 0 amide bonds. The third-order valence-electron chi connectivity index (χ3n) is 8.58. The number of unbranched alkanes of at least 4 members (excludes halogenated alkanes) is 4. The molecular weight excluding hydrogens is 417 g/mol. The van der Waals surface area contributed by atoms with Crippen molar-refractivity contribution in [1.82, 2.24) is 0 Å². The zero-order valence-corrected chi connectivity index (χ0v) is 25.3. The number of hydrogen-bond acceptors (Lipinski definition) is 0. The van der Waals surface area contributed by atoms with Gasteiger partial charge >= 0.3 is 0 Å². The third kappa shape index (κ3) is 11.3. The highest BCUT2D eigenvalue weighted by molar-refractivity contribution is 4.80. The number of hydrogen-bond donors (Lipinski definition) is 0. The van der Waals surface area contributed by atoms with E-state index in [2.05, 4.69) is 55.4 Å². The van der Waals surface area contributed by atoms with E-state index >= 15 is 0 Å². The molecule has 0 radical (unpaired) electrons. The maximum Gasteiger partial charge on any atom is 0.0896 e. The van der Waals surface area contributed by atoms with Crippen LogP contribution in [0.3, 0.4) is 0 Å². The van der Waals surface area contributed by atoms with Crippen molar-refractivity contribution in [2.24, 2.45) is 0 Å². The number of rotatable bonds is 24. The van der Waals surface area contributed by atoms with Gasteiger partial charge in [-0.05, 0) is 77.0 Å². The third-order valence-corrected chi connectivity index (χ3v) is 8.58. The predicted molar refractivity (Wildman–Crippen MR) is 153 cm³/mol. The Morgan fingerprint density at radius 2 is 0.529 bits per heavy atom. The highest BCUT2D eigenvalue weighted by atomic mass is 19.0. The van der Waals surface area contributed by atoms with E-state index < -0.39 is 0 Å². The first-order valence-corrected chi connectivity index (χ1v) is 16.0. The molecule has 0 aliphatic heterocycles. The van der Waals surface area contributed by atoms with Crippen molar-refractivity contribution < 1.29 is 9.19 Å². The number of quaternary nitrogens is 1. The van der Waals surface area contributed by atoms with Crippen LogP contribution in [0.2, 0.25) is 0 Å². The molecule has 0 heterocycles. The fourth-order valence-electron chi connectivity index (χ4n) is 7.25. The van der Waals surface area contributed by atoms with Gasteiger partial charge in [0.05, 0.1) is 24.2 Å². The van der Waals surface area contributed by atoms with Crippen LogP contribution in [-0.2, 0) is 0 Å². The van der Waals surface area contributed by atoms with Gasteiger partial charge in [-0.1, -0.05) is 107 Å². The van der Waals surface area contributed by atoms with Crippen LogP contribution >= 0.6 is 0 Å². The Labute approximate surface area is 217 Å². The van der Waals surface area contributed by atoms with Gasteiger partial charge in [0.15, 0.2) is 0 Å². The summed E-state index contributed by atoms with van der Waals surface area (Å²) >= 11 is 0. The second kappa shape index (κ2) is 23.3. The van der Waals surface area contributed by atoms with Crippen molar-refractivity contribution >= 4 is 0 Å². The highest BCUT2D eigenvalue weighted by Crippen LogP contribution is 2.43. The molecule has 208 valence electrons. The van der Waals surface area contributed by atoms with Crippen LogP contribution in [0.5, 0.6) is 0 Å². The molecule has 0 aliphatic rings. The fourth-order valence-corrected chi connectivity index (χ4v) is 7.25. The first kappa shape index (κ1) is 36.0. The fraction of sp³-hybridized carbons (Fsp3) is 1.00. The van der Waals surface area contributed by atoms with E-state index in [4.69, 9.17) is 0 Å². The largest absolute Gasteiger partial charge is 1.00 e. The maximum atomic E-state index is 2.47. The molecule has 0 rings (SSSR count). The average molecular weight is 486 g/mol. The molecule has 4 atom stereocenters. The summed E-state index contributed by atoms with van der Waals surface area (Å²) in [4.78, 5) is 0. The average Bonchev–Trinajstić information content (AvgIpc) is 2.82. The van der Waals surface area contributed by atoms with Gasteiger partial charge in [0.25, 0.3) is 0 Å². The summed E-state index contributed by atoms with van der Waals surface area (Å²) in [5.74, 6) is 0. The van der Waals surface area contributed by atoms with Gasteiger partial charge < -0.3 is 9.19 Å². The lowest BCUT2D eigenvalue weighted by Gasteiger charge is -2.60. The van der Waals surface area contributed by atoms with E-state index in [9.17, 15) is 0 Å². The zero-order valence-electron chi connectivity index (χ0n) is 25.3. The molecule has 0 aliphatic carbocycles. The molecule has 4 unspecified atom stereocenters. The zero-order chi connectivity index (χ0) is 25.0. The van der Waals surface area contributed by atoms with E-state index in [1.165, 1.54) is 133 Å². The number of nitrogens with zero attached hydrogens (tertiary/aromatic N) is 1. The molecule has 0 aromatic carbocycles. The molecule has 0 bridgehead atoms. The lowest BCUT2D eigenvalue weighted by Crippen LogP contribution is -3.00. The summed E-state index contributed by atoms with van der Waals surface area (Å²) in [6, 6.07) is 3.52. The minimum absolute atomic E-state index is 0. The Balaban J connectivity index is 0. The quantitative estimate of drug-likeness (QED) is 0.121. The SMILES string of the molecule is CCCCC(CCC)[N+](C(CCC)CCCC)(C(CCC)CCCC)C(CCC)CCCC.[F-]. The molecule has 0 aromatic heterocycles. The van der Waals surface area contributed by atoms with Crippen LogP contribution < -0.4 is 4.70 Å². The van der Waals surface area contributed by atoms with E-state index in [0.717, 1.165) is 24.2 Å². The highest BCUT2D eigenvalue weighted by Gasteiger charge is 2.51. The van der Waals surface area contributed by atoms with E-state index in [0.29, 0.717) is 0 Å². The van der Waals surface area contributed by atoms with Crippen LogP contribution in [0.25, 0.3) is 0 Å². The first-order chi connectivity index (χ1) is 16.1. The lowest BCUT2D eigenvalue weighted by molar-refractivity contribution is -1.02. The van der Waals surface area contributed by atoms with Gasteiger partial charge in [-0.2, -0.15) is 0 Å². The summed E-state index contributed by atoms with van der Waals surface area (Å²) in [7, 11) is 0. The molecule has 0 saturated heterocycles. The minimum Gasteiger partial charge on any atom is -1.00 e. The van der Waals surface area contributed by atoms with Crippen molar-refractivity contribution in [3.63, 3.8) is 0 Å². The second-order valence-corrected chi connectivity index (χ2v) is 11.2. The van der Waals surface area contributed by atoms with Gasteiger partial charge in [0.2, 0.25) is 0 Å². The van der Waals surface area contributed by atoms with Crippen LogP contribution in [0.4, 0.5) is 0 Å². The van der Waals surface area contributed by atoms with Crippen LogP contribution in [-0.4, -0.2) is 28.7 Å². The molecule has 34 heavy (non-hydrogen) atoms. The first-order valence-electron chi connectivity index (χ1n) is 16.0. The van der Waals surface area contributed by atoms with Gasteiger partial charge in [0, 0.05) is 0 Å². The Morgan fingerprint density at radius 3 is 0.676 bits per heavy atom. The second-order valence-electron chi connectivity index (χ2n) is 11.2. The molecular formula is C32H68FN. The van der Waals surface area contributed by atoms with Gasteiger partial charge in [-0.15, -0.1) is 0 Å². The lowest BCUT2D eigenvalue weighted by atomic mass is 9.81. The standard InChI is InChI=1S/C32H68N.FH/c1-9-17-25-29(21-13-5)33(30(22-14-6)26-18-10-2,31(23-15-7)27-19-11-3)32(24-16-8)28-20-12-4;/h29-32H,9-28H2,1-8H3;1H/q+1;/p-1. The topological polar surface area (TPSA) is 0 Å². The van der Waals surface area contributed by atoms with E-state index in [1.54, 1.807) is 0 Å². The summed E-state index contributed by atoms with van der Waals surface area (Å²) in [6.07, 6.45) is 28.2. The Hall–Kier alpha value is -0.110. The smallest absolute Gasteiger partial charge is 0.0896 e. The summed E-state index contributed by atoms with van der Waals surface area (Å²) in [5.41, 5.74) is 0. The minimum atomic E-state index is 0. The van der Waals surface area contributed by atoms with Crippen molar-refractivity contribution in [3.05, 3.63) is 0 Å². The molecule has 0 saturated carbocycles. The summed E-state index contributed by atoms with van der Waals surface area (Å²) < 4.78 is 1.53. The van der Waals surface area contributed by atoms with Crippen LogP contribution in [0, 0.1) is 0 Å². The molecule has 1 nitrogen and oxygen atoms in total. The van der Waals surface area contributed by atoms with Crippen molar-refractivity contribution in [1.29, 1.82) is 0 Å². The Kier molecular flexibility index (Phi) is 24.7. The molecule has 0 aromatic rings. The Morgan fingerprint density at radius 1 is 0.324 bits per heavy atom. The summed E-state index contributed by atoms with van der Waals surface area (Å²) in [5, 5.41) is 0. The maximum absolute atomic E-state index is 2.47. The monoisotopic (exact) mass is 486 g/mol. The van der Waals surface area contributed by atoms with E-state index in [-0.39, 0.29) is 4.70 Å². The molecule has 0 spiro atoms. The van der Waals surface area contributed by atoms with Crippen molar-refractivity contribution in [2.75, 3.05) is 0 Å². The van der Waals surface area contributed by atoms with Gasteiger partial charge in [-0.25, -0.2) is 0 Å².